The van der Waals surface area contributed by atoms with Crippen LogP contribution in [0, 0.1) is 5.82 Å². The zero-order valence-electron chi connectivity index (χ0n) is 16.2. The lowest BCUT2D eigenvalue weighted by molar-refractivity contribution is 0.0524. The number of hydrogen-bond donors (Lipinski definition) is 3. The van der Waals surface area contributed by atoms with E-state index in [1.54, 1.807) is 13.0 Å². The molecule has 0 aliphatic heterocycles. The minimum absolute atomic E-state index is 0.0432. The third kappa shape index (κ3) is 3.68. The molecule has 9 heteroatoms. The average Bonchev–Trinajstić information content (AvgIpc) is 2.75. The van der Waals surface area contributed by atoms with E-state index < -0.39 is 28.6 Å². The molecule has 0 aliphatic carbocycles. The van der Waals surface area contributed by atoms with Crippen molar-refractivity contribution in [2.24, 2.45) is 0 Å². The lowest BCUT2D eigenvalue weighted by Crippen LogP contribution is -2.22. The van der Waals surface area contributed by atoms with Crippen LogP contribution < -0.4 is 16.2 Å². The molecule has 0 radical (unpaired) electrons. The minimum atomic E-state index is -0.755. The highest BCUT2D eigenvalue weighted by molar-refractivity contribution is 6.06. The Morgan fingerprint density at radius 2 is 1.55 bits per heavy atom. The Kier molecular flexibility index (Phi) is 5.08. The van der Waals surface area contributed by atoms with Crippen LogP contribution in [0.5, 0.6) is 0 Å². The number of anilines is 1. The number of fused-ring (bicyclic) bond motifs is 2. The topological polar surface area (TPSA) is 121 Å². The SMILES string of the molecule is CCOC(=O)c1c[nH]c2ccc(NC(=O)c3c[nH]c4ccc(F)cc4c3=O)cc2c1=O. The van der Waals surface area contributed by atoms with Crippen molar-refractivity contribution < 1.29 is 18.7 Å². The van der Waals surface area contributed by atoms with Gasteiger partial charge in [-0.15, -0.1) is 0 Å². The van der Waals surface area contributed by atoms with Crippen molar-refractivity contribution in [3.8, 4) is 0 Å². The van der Waals surface area contributed by atoms with Crippen molar-refractivity contribution in [3.63, 3.8) is 0 Å². The van der Waals surface area contributed by atoms with Crippen molar-refractivity contribution in [1.82, 2.24) is 9.97 Å². The van der Waals surface area contributed by atoms with Crippen LogP contribution in [0.15, 0.2) is 58.4 Å². The van der Waals surface area contributed by atoms with E-state index in [9.17, 15) is 23.6 Å². The first-order valence-corrected chi connectivity index (χ1v) is 9.34. The van der Waals surface area contributed by atoms with Crippen molar-refractivity contribution in [2.75, 3.05) is 11.9 Å². The first kappa shape index (κ1) is 20.0. The molecule has 1 amide bonds. The molecular weight excluding hydrogens is 405 g/mol. The Labute approximate surface area is 173 Å². The Balaban J connectivity index is 1.71. The van der Waals surface area contributed by atoms with Gasteiger partial charge in [0.1, 0.15) is 16.9 Å². The smallest absolute Gasteiger partial charge is 0.343 e. The largest absolute Gasteiger partial charge is 0.462 e. The maximum Gasteiger partial charge on any atom is 0.343 e. The van der Waals surface area contributed by atoms with E-state index >= 15 is 0 Å². The highest BCUT2D eigenvalue weighted by Crippen LogP contribution is 2.17. The minimum Gasteiger partial charge on any atom is -0.462 e. The van der Waals surface area contributed by atoms with Gasteiger partial charge in [0.05, 0.1) is 6.61 Å². The summed E-state index contributed by atoms with van der Waals surface area (Å²) < 4.78 is 18.4. The summed E-state index contributed by atoms with van der Waals surface area (Å²) in [5, 5.41) is 2.76. The van der Waals surface area contributed by atoms with Crippen LogP contribution in [0.2, 0.25) is 0 Å². The van der Waals surface area contributed by atoms with E-state index in [2.05, 4.69) is 15.3 Å². The number of benzene rings is 2. The number of halogens is 1. The Bertz CT molecular complexity index is 1470. The Morgan fingerprint density at radius 1 is 0.935 bits per heavy atom. The van der Waals surface area contributed by atoms with Gasteiger partial charge in [-0.1, -0.05) is 0 Å². The van der Waals surface area contributed by atoms with Crippen molar-refractivity contribution in [3.05, 3.63) is 86.2 Å². The normalized spacial score (nSPS) is 10.9. The molecule has 0 atom stereocenters. The molecule has 0 spiro atoms. The van der Waals surface area contributed by atoms with Crippen LogP contribution in [0.3, 0.4) is 0 Å². The van der Waals surface area contributed by atoms with Crippen LogP contribution in [0.1, 0.15) is 27.6 Å². The van der Waals surface area contributed by atoms with E-state index in [0.29, 0.717) is 11.0 Å². The molecule has 31 heavy (non-hydrogen) atoms. The van der Waals surface area contributed by atoms with E-state index in [0.717, 1.165) is 6.07 Å². The van der Waals surface area contributed by atoms with Crippen LogP contribution in [0.25, 0.3) is 21.8 Å². The fourth-order valence-corrected chi connectivity index (χ4v) is 3.21. The monoisotopic (exact) mass is 421 g/mol. The number of ether oxygens (including phenoxy) is 1. The van der Waals surface area contributed by atoms with E-state index in [-0.39, 0.29) is 34.2 Å². The van der Waals surface area contributed by atoms with Gasteiger partial charge < -0.3 is 20.0 Å². The van der Waals surface area contributed by atoms with Crippen LogP contribution in [-0.2, 0) is 4.74 Å². The second-order valence-electron chi connectivity index (χ2n) is 6.69. The number of aromatic nitrogens is 2. The maximum absolute atomic E-state index is 13.5. The summed E-state index contributed by atoms with van der Waals surface area (Å²) in [7, 11) is 0. The number of pyridine rings is 2. The summed E-state index contributed by atoms with van der Waals surface area (Å²) in [6, 6.07) is 8.15. The molecule has 0 fully saturated rings. The molecule has 0 saturated heterocycles. The summed E-state index contributed by atoms with van der Waals surface area (Å²) in [6.45, 7) is 1.75. The lowest BCUT2D eigenvalue weighted by Gasteiger charge is -2.08. The highest BCUT2D eigenvalue weighted by atomic mass is 19.1. The summed E-state index contributed by atoms with van der Waals surface area (Å²) >= 11 is 0. The summed E-state index contributed by atoms with van der Waals surface area (Å²) in [5.41, 5.74) is -0.473. The number of carbonyl (C=O) groups excluding carboxylic acids is 2. The number of rotatable bonds is 4. The molecule has 4 aromatic rings. The van der Waals surface area contributed by atoms with Gasteiger partial charge in [-0.2, -0.15) is 0 Å². The van der Waals surface area contributed by atoms with Crippen molar-refractivity contribution >= 4 is 39.4 Å². The number of esters is 1. The molecule has 0 bridgehead atoms. The second-order valence-corrected chi connectivity index (χ2v) is 6.69. The third-order valence-corrected chi connectivity index (χ3v) is 4.72. The number of H-pyrrole nitrogens is 2. The molecule has 0 saturated carbocycles. The van der Waals surface area contributed by atoms with Gasteiger partial charge in [0.2, 0.25) is 10.9 Å². The zero-order chi connectivity index (χ0) is 22.1. The highest BCUT2D eigenvalue weighted by Gasteiger charge is 2.16. The van der Waals surface area contributed by atoms with E-state index in [1.807, 2.05) is 0 Å². The second kappa shape index (κ2) is 7.86. The lowest BCUT2D eigenvalue weighted by atomic mass is 10.1. The number of aromatic amines is 2. The molecule has 0 unspecified atom stereocenters. The molecule has 8 nitrogen and oxygen atoms in total. The fraction of sp³-hybridized carbons (Fsp3) is 0.0909. The predicted molar refractivity (Wildman–Crippen MR) is 113 cm³/mol. The molecule has 0 aliphatic rings. The summed E-state index contributed by atoms with van der Waals surface area (Å²) in [6.07, 6.45) is 2.51. The first-order chi connectivity index (χ1) is 14.9. The van der Waals surface area contributed by atoms with Crippen molar-refractivity contribution in [2.45, 2.75) is 6.92 Å². The van der Waals surface area contributed by atoms with Crippen LogP contribution >= 0.6 is 0 Å². The number of amides is 1. The first-order valence-electron chi connectivity index (χ1n) is 9.34. The quantitative estimate of drug-likeness (QED) is 0.438. The van der Waals surface area contributed by atoms with Crippen molar-refractivity contribution in [1.29, 1.82) is 0 Å². The number of hydrogen-bond acceptors (Lipinski definition) is 5. The number of carbonyl (C=O) groups is 2. The van der Waals surface area contributed by atoms with Gasteiger partial charge in [0.25, 0.3) is 5.91 Å². The zero-order valence-corrected chi connectivity index (χ0v) is 16.2. The van der Waals surface area contributed by atoms with E-state index in [1.165, 1.54) is 36.7 Å². The Hall–Kier alpha value is -4.27. The van der Waals surface area contributed by atoms with Gasteiger partial charge in [-0.3, -0.25) is 14.4 Å². The Morgan fingerprint density at radius 3 is 2.26 bits per heavy atom. The molecule has 2 aromatic heterocycles. The van der Waals surface area contributed by atoms with E-state index in [4.69, 9.17) is 4.74 Å². The maximum atomic E-state index is 13.5. The third-order valence-electron chi connectivity index (χ3n) is 4.72. The van der Waals surface area contributed by atoms with Crippen LogP contribution in [-0.4, -0.2) is 28.5 Å². The molecule has 3 N–H and O–H groups in total. The van der Waals surface area contributed by atoms with Gasteiger partial charge in [-0.05, 0) is 43.3 Å². The molecular formula is C22H16FN3O5. The summed E-state index contributed by atoms with van der Waals surface area (Å²) in [5.74, 6) is -2.08. The van der Waals surface area contributed by atoms with Gasteiger partial charge in [-0.25, -0.2) is 9.18 Å². The summed E-state index contributed by atoms with van der Waals surface area (Å²) in [4.78, 5) is 55.5. The molecule has 2 heterocycles. The van der Waals surface area contributed by atoms with Gasteiger partial charge in [0, 0.05) is 39.9 Å². The van der Waals surface area contributed by atoms with Gasteiger partial charge >= 0.3 is 5.97 Å². The number of nitrogens with one attached hydrogen (secondary N) is 3. The predicted octanol–water partition coefficient (Wildman–Crippen LogP) is 2.94. The van der Waals surface area contributed by atoms with Gasteiger partial charge in [0.15, 0.2) is 0 Å². The average molecular weight is 421 g/mol. The fourth-order valence-electron chi connectivity index (χ4n) is 3.21. The standard InChI is InChI=1S/C22H16FN3O5/c1-2-31-22(30)16-10-25-18-6-4-12(8-14(18)20(16)28)26-21(29)15-9-24-17-5-3-11(23)7-13(17)19(15)27/h3-10H,2H2,1H3,(H,24,27)(H,25,28)(H,26,29). The molecule has 156 valence electrons. The molecule has 2 aromatic carbocycles. The van der Waals surface area contributed by atoms with Crippen LogP contribution in [0.4, 0.5) is 10.1 Å². The molecule has 4 rings (SSSR count).